The van der Waals surface area contributed by atoms with E-state index in [9.17, 15) is 9.59 Å². The molecule has 148 valence electrons. The van der Waals surface area contributed by atoms with E-state index in [0.29, 0.717) is 37.3 Å². The standard InChI is InChI=1S/C20H20Br2N2O2S2/c1-27-17-5-3-13(21)11-15(17)19(25)23-7-9-24(10-8-23)20(26)16-12-14(22)4-6-18(16)28-2/h3-6,11-12H,7-10H2,1-2H3. The van der Waals surface area contributed by atoms with Crippen LogP contribution in [0.2, 0.25) is 0 Å². The maximum Gasteiger partial charge on any atom is 0.255 e. The summed E-state index contributed by atoms with van der Waals surface area (Å²) in [5.41, 5.74) is 1.41. The van der Waals surface area contributed by atoms with Crippen molar-refractivity contribution in [1.82, 2.24) is 9.80 Å². The van der Waals surface area contributed by atoms with Gasteiger partial charge in [0.05, 0.1) is 11.1 Å². The van der Waals surface area contributed by atoms with Crippen LogP contribution in [0.5, 0.6) is 0 Å². The Morgan fingerprint density at radius 1 is 0.750 bits per heavy atom. The minimum Gasteiger partial charge on any atom is -0.335 e. The number of carbonyl (C=O) groups excluding carboxylic acids is 2. The molecule has 0 unspecified atom stereocenters. The number of nitrogens with zero attached hydrogens (tertiary/aromatic N) is 2. The molecule has 3 rings (SSSR count). The summed E-state index contributed by atoms with van der Waals surface area (Å²) < 4.78 is 1.78. The molecule has 1 aliphatic heterocycles. The van der Waals surface area contributed by atoms with Gasteiger partial charge in [-0.25, -0.2) is 0 Å². The summed E-state index contributed by atoms with van der Waals surface area (Å²) in [7, 11) is 0. The molecule has 2 aromatic rings. The van der Waals surface area contributed by atoms with E-state index in [1.165, 1.54) is 0 Å². The van der Waals surface area contributed by atoms with Crippen molar-refractivity contribution >= 4 is 67.2 Å². The van der Waals surface area contributed by atoms with Gasteiger partial charge in [0.1, 0.15) is 0 Å². The first-order chi connectivity index (χ1) is 13.4. The molecule has 0 atom stereocenters. The highest BCUT2D eigenvalue weighted by Gasteiger charge is 2.27. The van der Waals surface area contributed by atoms with E-state index in [-0.39, 0.29) is 11.8 Å². The highest BCUT2D eigenvalue weighted by atomic mass is 79.9. The molecule has 0 spiro atoms. The van der Waals surface area contributed by atoms with E-state index >= 15 is 0 Å². The number of benzene rings is 2. The quantitative estimate of drug-likeness (QED) is 0.493. The van der Waals surface area contributed by atoms with Crippen LogP contribution in [0.4, 0.5) is 0 Å². The minimum atomic E-state index is 0.0185. The number of thioether (sulfide) groups is 2. The molecule has 0 aromatic heterocycles. The molecular weight excluding hydrogens is 524 g/mol. The van der Waals surface area contributed by atoms with Crippen LogP contribution in [0.3, 0.4) is 0 Å². The highest BCUT2D eigenvalue weighted by molar-refractivity contribution is 9.10. The third-order valence-corrected chi connectivity index (χ3v) is 7.22. The zero-order chi connectivity index (χ0) is 20.3. The van der Waals surface area contributed by atoms with Gasteiger partial charge in [-0.1, -0.05) is 31.9 Å². The lowest BCUT2D eigenvalue weighted by molar-refractivity contribution is 0.0531. The molecule has 0 radical (unpaired) electrons. The maximum atomic E-state index is 13.0. The van der Waals surface area contributed by atoms with Crippen LogP contribution in [-0.4, -0.2) is 60.3 Å². The number of piperazine rings is 1. The molecule has 1 heterocycles. The van der Waals surface area contributed by atoms with Gasteiger partial charge in [-0.3, -0.25) is 9.59 Å². The fourth-order valence-corrected chi connectivity index (χ4v) is 5.01. The van der Waals surface area contributed by atoms with E-state index < -0.39 is 0 Å². The lowest BCUT2D eigenvalue weighted by Crippen LogP contribution is -2.50. The van der Waals surface area contributed by atoms with Crippen molar-refractivity contribution in [1.29, 1.82) is 0 Å². The van der Waals surface area contributed by atoms with E-state index in [2.05, 4.69) is 31.9 Å². The average molecular weight is 544 g/mol. The Morgan fingerprint density at radius 2 is 1.11 bits per heavy atom. The maximum absolute atomic E-state index is 13.0. The van der Waals surface area contributed by atoms with Crippen LogP contribution >= 0.6 is 55.4 Å². The molecule has 1 aliphatic rings. The second-order valence-corrected chi connectivity index (χ2v) is 9.80. The van der Waals surface area contributed by atoms with Crippen molar-refractivity contribution in [2.45, 2.75) is 9.79 Å². The monoisotopic (exact) mass is 542 g/mol. The summed E-state index contributed by atoms with van der Waals surface area (Å²) in [6.45, 7) is 2.14. The minimum absolute atomic E-state index is 0.0185. The summed E-state index contributed by atoms with van der Waals surface area (Å²) in [6, 6.07) is 11.6. The molecule has 1 saturated heterocycles. The van der Waals surface area contributed by atoms with Gasteiger partial charge in [-0.15, -0.1) is 23.5 Å². The fourth-order valence-electron chi connectivity index (χ4n) is 3.15. The van der Waals surface area contributed by atoms with Crippen LogP contribution < -0.4 is 0 Å². The van der Waals surface area contributed by atoms with Gasteiger partial charge in [0.2, 0.25) is 0 Å². The molecule has 28 heavy (non-hydrogen) atoms. The lowest BCUT2D eigenvalue weighted by atomic mass is 10.1. The molecule has 0 N–H and O–H groups in total. The largest absolute Gasteiger partial charge is 0.335 e. The predicted molar refractivity (Wildman–Crippen MR) is 124 cm³/mol. The number of amides is 2. The summed E-state index contributed by atoms with van der Waals surface area (Å²) >= 11 is 10.0. The van der Waals surface area contributed by atoms with Crippen molar-refractivity contribution in [2.75, 3.05) is 38.7 Å². The van der Waals surface area contributed by atoms with Crippen molar-refractivity contribution in [3.63, 3.8) is 0 Å². The van der Waals surface area contributed by atoms with Crippen molar-refractivity contribution < 1.29 is 9.59 Å². The van der Waals surface area contributed by atoms with Gasteiger partial charge in [0, 0.05) is 44.9 Å². The first-order valence-corrected chi connectivity index (χ1v) is 12.7. The van der Waals surface area contributed by atoms with E-state index in [0.717, 1.165) is 18.7 Å². The van der Waals surface area contributed by atoms with Crippen LogP contribution in [0.25, 0.3) is 0 Å². The van der Waals surface area contributed by atoms with E-state index in [4.69, 9.17) is 0 Å². The zero-order valence-corrected chi connectivity index (χ0v) is 20.4. The summed E-state index contributed by atoms with van der Waals surface area (Å²) in [6.07, 6.45) is 3.94. The summed E-state index contributed by atoms with van der Waals surface area (Å²) in [5.74, 6) is 0.0371. The Balaban J connectivity index is 1.71. The fraction of sp³-hybridized carbons (Fsp3) is 0.300. The number of hydrogen-bond acceptors (Lipinski definition) is 4. The number of rotatable bonds is 4. The summed E-state index contributed by atoms with van der Waals surface area (Å²) in [5, 5.41) is 0. The zero-order valence-electron chi connectivity index (χ0n) is 15.6. The Morgan fingerprint density at radius 3 is 1.43 bits per heavy atom. The second-order valence-electron chi connectivity index (χ2n) is 6.27. The van der Waals surface area contributed by atoms with Crippen LogP contribution in [0, 0.1) is 0 Å². The van der Waals surface area contributed by atoms with Gasteiger partial charge in [0.15, 0.2) is 0 Å². The molecular formula is C20H20Br2N2O2S2. The Kier molecular flexibility index (Phi) is 7.53. The number of hydrogen-bond donors (Lipinski definition) is 0. The predicted octanol–water partition coefficient (Wildman–Crippen LogP) is 5.25. The van der Waals surface area contributed by atoms with Crippen LogP contribution in [-0.2, 0) is 0 Å². The van der Waals surface area contributed by atoms with Gasteiger partial charge in [-0.05, 0) is 48.9 Å². The topological polar surface area (TPSA) is 40.6 Å². The van der Waals surface area contributed by atoms with Crippen molar-refractivity contribution in [3.05, 3.63) is 56.5 Å². The third kappa shape index (κ3) is 4.78. The van der Waals surface area contributed by atoms with Gasteiger partial charge in [0.25, 0.3) is 11.8 Å². The molecule has 2 aromatic carbocycles. The first kappa shape index (κ1) is 21.7. The third-order valence-electron chi connectivity index (χ3n) is 4.64. The SMILES string of the molecule is CSc1ccc(Br)cc1C(=O)N1CCN(C(=O)c2cc(Br)ccc2SC)CC1. The van der Waals surface area contributed by atoms with E-state index in [1.807, 2.05) is 58.7 Å². The molecule has 8 heteroatoms. The van der Waals surface area contributed by atoms with Crippen LogP contribution in [0.15, 0.2) is 55.1 Å². The first-order valence-electron chi connectivity index (χ1n) is 8.70. The number of carbonyl (C=O) groups is 2. The normalized spacial score (nSPS) is 14.3. The molecule has 0 aliphatic carbocycles. The lowest BCUT2D eigenvalue weighted by Gasteiger charge is -2.35. The van der Waals surface area contributed by atoms with Gasteiger partial charge in [-0.2, -0.15) is 0 Å². The highest BCUT2D eigenvalue weighted by Crippen LogP contribution is 2.27. The molecule has 2 amide bonds. The molecule has 4 nitrogen and oxygen atoms in total. The Bertz CT molecular complexity index is 826. The summed E-state index contributed by atoms with van der Waals surface area (Å²) in [4.78, 5) is 31.6. The average Bonchev–Trinajstić information content (AvgIpc) is 2.72. The Hall–Kier alpha value is -0.960. The molecule has 1 fully saturated rings. The number of halogens is 2. The van der Waals surface area contributed by atoms with Gasteiger partial charge < -0.3 is 9.80 Å². The van der Waals surface area contributed by atoms with Crippen LogP contribution in [0.1, 0.15) is 20.7 Å². The molecule has 0 bridgehead atoms. The van der Waals surface area contributed by atoms with Gasteiger partial charge >= 0.3 is 0 Å². The van der Waals surface area contributed by atoms with Crippen molar-refractivity contribution in [2.24, 2.45) is 0 Å². The van der Waals surface area contributed by atoms with Crippen molar-refractivity contribution in [3.8, 4) is 0 Å². The smallest absolute Gasteiger partial charge is 0.255 e. The van der Waals surface area contributed by atoms with E-state index in [1.54, 1.807) is 23.5 Å². The molecule has 0 saturated carbocycles. The Labute approximate surface area is 190 Å². The second kappa shape index (κ2) is 9.69.